The first kappa shape index (κ1) is 13.6. The van der Waals surface area contributed by atoms with Crippen LogP contribution in [0.1, 0.15) is 25.0 Å². The molecule has 0 unspecified atom stereocenters. The molecule has 20 heavy (non-hydrogen) atoms. The van der Waals surface area contributed by atoms with Crippen LogP contribution in [0.4, 0.5) is 0 Å². The highest BCUT2D eigenvalue weighted by Gasteiger charge is 2.41. The normalized spacial score (nSPS) is 16.7. The fraction of sp³-hybridized carbons (Fsp3) is 0.562. The molecule has 4 heteroatoms. The lowest BCUT2D eigenvalue weighted by molar-refractivity contribution is 0.171. The molecule has 0 saturated heterocycles. The molecular weight excluding hydrogens is 250 g/mol. The van der Waals surface area contributed by atoms with Crippen LogP contribution in [-0.2, 0) is 18.3 Å². The van der Waals surface area contributed by atoms with Crippen LogP contribution < -0.4 is 5.32 Å². The van der Waals surface area contributed by atoms with Crippen molar-refractivity contribution in [2.75, 3.05) is 20.3 Å². The molecule has 0 aliphatic heterocycles. The molecule has 0 spiro atoms. The van der Waals surface area contributed by atoms with E-state index in [2.05, 4.69) is 34.7 Å². The summed E-state index contributed by atoms with van der Waals surface area (Å²) in [4.78, 5) is 0. The highest BCUT2D eigenvalue weighted by atomic mass is 16.5. The number of aryl methyl sites for hydroxylation is 1. The molecule has 2 aromatic rings. The van der Waals surface area contributed by atoms with E-state index in [9.17, 15) is 0 Å². The van der Waals surface area contributed by atoms with E-state index in [0.29, 0.717) is 5.41 Å². The van der Waals surface area contributed by atoms with Crippen LogP contribution in [0.2, 0.25) is 0 Å². The van der Waals surface area contributed by atoms with Gasteiger partial charge in [-0.05, 0) is 30.7 Å². The number of rotatable bonds is 7. The number of hydrogen-bond acceptors (Lipinski definition) is 3. The molecule has 1 heterocycles. The first-order chi connectivity index (χ1) is 9.74. The van der Waals surface area contributed by atoms with Gasteiger partial charge in [-0.1, -0.05) is 18.2 Å². The van der Waals surface area contributed by atoms with Crippen molar-refractivity contribution in [3.63, 3.8) is 0 Å². The van der Waals surface area contributed by atoms with Crippen LogP contribution in [0.5, 0.6) is 0 Å². The van der Waals surface area contributed by atoms with Gasteiger partial charge in [0.05, 0.1) is 11.2 Å². The number of fused-ring (bicyclic) bond motifs is 1. The second-order valence-electron chi connectivity index (χ2n) is 5.93. The van der Waals surface area contributed by atoms with Gasteiger partial charge in [0.25, 0.3) is 0 Å². The lowest BCUT2D eigenvalue weighted by Gasteiger charge is -2.14. The monoisotopic (exact) mass is 273 g/mol. The van der Waals surface area contributed by atoms with Crippen molar-refractivity contribution in [1.82, 2.24) is 15.1 Å². The van der Waals surface area contributed by atoms with Gasteiger partial charge in [0.1, 0.15) is 0 Å². The number of aromatic nitrogens is 2. The molecule has 1 aromatic carbocycles. The zero-order chi connectivity index (χ0) is 14.0. The Morgan fingerprint density at radius 2 is 2.15 bits per heavy atom. The van der Waals surface area contributed by atoms with E-state index in [1.54, 1.807) is 7.11 Å². The molecule has 1 aliphatic carbocycles. The third kappa shape index (κ3) is 2.72. The van der Waals surface area contributed by atoms with E-state index in [0.717, 1.165) is 25.4 Å². The summed E-state index contributed by atoms with van der Waals surface area (Å²) in [6.45, 7) is 2.78. The molecule has 1 aliphatic rings. The summed E-state index contributed by atoms with van der Waals surface area (Å²) in [7, 11) is 3.79. The van der Waals surface area contributed by atoms with Crippen LogP contribution >= 0.6 is 0 Å². The van der Waals surface area contributed by atoms with Crippen molar-refractivity contribution in [2.45, 2.75) is 25.8 Å². The van der Waals surface area contributed by atoms with Crippen LogP contribution in [0.3, 0.4) is 0 Å². The third-order valence-corrected chi connectivity index (χ3v) is 4.42. The zero-order valence-electron chi connectivity index (χ0n) is 12.4. The average Bonchev–Trinajstić information content (AvgIpc) is 3.17. The summed E-state index contributed by atoms with van der Waals surface area (Å²) in [5.74, 6) is 0. The Balaban J connectivity index is 1.60. The van der Waals surface area contributed by atoms with Gasteiger partial charge in [0.2, 0.25) is 0 Å². The van der Waals surface area contributed by atoms with E-state index >= 15 is 0 Å². The van der Waals surface area contributed by atoms with E-state index in [-0.39, 0.29) is 0 Å². The highest BCUT2D eigenvalue weighted by Crippen LogP contribution is 2.48. The van der Waals surface area contributed by atoms with E-state index in [1.165, 1.54) is 30.2 Å². The number of hydrogen-bond donors (Lipinski definition) is 1. The Hall–Kier alpha value is -1.39. The maximum atomic E-state index is 5.20. The van der Waals surface area contributed by atoms with Crippen molar-refractivity contribution < 1.29 is 4.74 Å². The summed E-state index contributed by atoms with van der Waals surface area (Å²) >= 11 is 0. The number of ether oxygens (including phenoxy) is 1. The molecular formula is C16H23N3O. The van der Waals surface area contributed by atoms with Crippen molar-refractivity contribution in [3.8, 4) is 0 Å². The fourth-order valence-electron chi connectivity index (χ4n) is 2.88. The van der Waals surface area contributed by atoms with Crippen LogP contribution in [0.25, 0.3) is 10.9 Å². The molecule has 1 N–H and O–H groups in total. The van der Waals surface area contributed by atoms with Gasteiger partial charge in [-0.15, -0.1) is 0 Å². The Morgan fingerprint density at radius 1 is 1.35 bits per heavy atom. The van der Waals surface area contributed by atoms with Crippen molar-refractivity contribution in [1.29, 1.82) is 0 Å². The fourth-order valence-corrected chi connectivity index (χ4v) is 2.88. The van der Waals surface area contributed by atoms with Crippen molar-refractivity contribution in [3.05, 3.63) is 30.0 Å². The second kappa shape index (κ2) is 5.54. The van der Waals surface area contributed by atoms with Crippen molar-refractivity contribution >= 4 is 10.9 Å². The smallest absolute Gasteiger partial charge is 0.0841 e. The third-order valence-electron chi connectivity index (χ3n) is 4.42. The Kier molecular flexibility index (Phi) is 3.76. The van der Waals surface area contributed by atoms with Crippen LogP contribution in [-0.4, -0.2) is 30.0 Å². The van der Waals surface area contributed by atoms with E-state index < -0.39 is 0 Å². The van der Waals surface area contributed by atoms with Crippen molar-refractivity contribution in [2.24, 2.45) is 12.5 Å². The molecule has 3 rings (SSSR count). The van der Waals surface area contributed by atoms with Gasteiger partial charge in [0, 0.05) is 39.2 Å². The standard InChI is InChI=1S/C16H23N3O/c1-19-15-6-4-3-5-13(15)14(18-19)11-17-12-16(7-8-16)9-10-20-2/h3-6,17H,7-12H2,1-2H3. The van der Waals surface area contributed by atoms with Gasteiger partial charge in [-0.25, -0.2) is 0 Å². The number of benzene rings is 1. The number of nitrogens with one attached hydrogen (secondary N) is 1. The quantitative estimate of drug-likeness (QED) is 0.842. The van der Waals surface area contributed by atoms with Gasteiger partial charge in [-0.2, -0.15) is 5.10 Å². The molecule has 0 radical (unpaired) electrons. The van der Waals surface area contributed by atoms with Gasteiger partial charge in [0.15, 0.2) is 0 Å². The Morgan fingerprint density at radius 3 is 2.90 bits per heavy atom. The summed E-state index contributed by atoms with van der Waals surface area (Å²) in [5, 5.41) is 9.46. The van der Waals surface area contributed by atoms with E-state index in [4.69, 9.17) is 4.74 Å². The van der Waals surface area contributed by atoms with Gasteiger partial charge in [-0.3, -0.25) is 4.68 Å². The Bertz CT molecular complexity index is 586. The van der Waals surface area contributed by atoms with Crippen LogP contribution in [0.15, 0.2) is 24.3 Å². The predicted molar refractivity (Wildman–Crippen MR) is 80.6 cm³/mol. The first-order valence-electron chi connectivity index (χ1n) is 7.34. The number of methoxy groups -OCH3 is 1. The summed E-state index contributed by atoms with van der Waals surface area (Å²) < 4.78 is 7.16. The molecule has 0 bridgehead atoms. The maximum Gasteiger partial charge on any atom is 0.0841 e. The Labute approximate surface area is 120 Å². The SMILES string of the molecule is COCCC1(CNCc2nn(C)c3ccccc23)CC1. The number of nitrogens with zero attached hydrogens (tertiary/aromatic N) is 2. The molecule has 0 atom stereocenters. The van der Waals surface area contributed by atoms with E-state index in [1.807, 2.05) is 11.7 Å². The first-order valence-corrected chi connectivity index (χ1v) is 7.34. The molecule has 1 fully saturated rings. The largest absolute Gasteiger partial charge is 0.385 e. The summed E-state index contributed by atoms with van der Waals surface area (Å²) in [5.41, 5.74) is 2.83. The number of para-hydroxylation sites is 1. The molecule has 0 amide bonds. The molecule has 1 saturated carbocycles. The van der Waals surface area contributed by atoms with Gasteiger partial charge >= 0.3 is 0 Å². The molecule has 108 valence electrons. The second-order valence-corrected chi connectivity index (χ2v) is 5.93. The van der Waals surface area contributed by atoms with Crippen LogP contribution in [0, 0.1) is 5.41 Å². The minimum absolute atomic E-state index is 0.487. The lowest BCUT2D eigenvalue weighted by Crippen LogP contribution is -2.25. The predicted octanol–water partition coefficient (Wildman–Crippen LogP) is 2.48. The van der Waals surface area contributed by atoms with Gasteiger partial charge < -0.3 is 10.1 Å². The average molecular weight is 273 g/mol. The molecule has 1 aromatic heterocycles. The highest BCUT2D eigenvalue weighted by molar-refractivity contribution is 5.81. The summed E-state index contributed by atoms with van der Waals surface area (Å²) in [6.07, 6.45) is 3.82. The maximum absolute atomic E-state index is 5.20. The zero-order valence-corrected chi connectivity index (χ0v) is 12.4. The minimum atomic E-state index is 0.487. The summed E-state index contributed by atoms with van der Waals surface area (Å²) in [6, 6.07) is 8.41. The minimum Gasteiger partial charge on any atom is -0.385 e. The lowest BCUT2D eigenvalue weighted by atomic mass is 10.0. The topological polar surface area (TPSA) is 39.1 Å². The molecule has 4 nitrogen and oxygen atoms in total.